The molecule has 0 aromatic rings. The first-order valence-electron chi connectivity index (χ1n) is 12.0. The van der Waals surface area contributed by atoms with E-state index in [2.05, 4.69) is 29.4 Å². The molecule has 172 valence electrons. The van der Waals surface area contributed by atoms with Crippen molar-refractivity contribution in [2.24, 2.45) is 0 Å². The average molecular weight is 414 g/mol. The highest BCUT2D eigenvalue weighted by molar-refractivity contribution is 5.76. The molecule has 0 spiro atoms. The van der Waals surface area contributed by atoms with Crippen molar-refractivity contribution in [3.63, 3.8) is 0 Å². The van der Waals surface area contributed by atoms with E-state index >= 15 is 0 Å². The Morgan fingerprint density at radius 2 is 1.10 bits per heavy atom. The number of aliphatic hydroxyl groups excluding tert-OH is 1. The number of hydrogen-bond acceptors (Lipinski definition) is 4. The van der Waals surface area contributed by atoms with Crippen LogP contribution in [0.3, 0.4) is 0 Å². The van der Waals surface area contributed by atoms with Crippen molar-refractivity contribution >= 4 is 11.8 Å². The fourth-order valence-electron chi connectivity index (χ4n) is 3.29. The van der Waals surface area contributed by atoms with E-state index < -0.39 is 0 Å². The minimum Gasteiger partial charge on any atom is -0.396 e. The lowest BCUT2D eigenvalue weighted by atomic mass is 10.1. The highest BCUT2D eigenvalue weighted by Gasteiger charge is 2.07. The van der Waals surface area contributed by atoms with Gasteiger partial charge in [0.15, 0.2) is 0 Å². The third-order valence-electron chi connectivity index (χ3n) is 5.15. The summed E-state index contributed by atoms with van der Waals surface area (Å²) in [6.07, 6.45) is 13.4. The van der Waals surface area contributed by atoms with Crippen molar-refractivity contribution in [1.29, 1.82) is 0 Å². The molecule has 0 unspecified atom stereocenters. The Balaban J connectivity index is 3.87. The van der Waals surface area contributed by atoms with Crippen LogP contribution in [0.25, 0.3) is 0 Å². The Morgan fingerprint density at radius 1 is 0.655 bits per heavy atom. The Bertz CT molecular complexity index is 360. The van der Waals surface area contributed by atoms with Crippen LogP contribution in [0.4, 0.5) is 0 Å². The molecule has 0 radical (unpaired) electrons. The number of nitrogens with one attached hydrogen (secondary N) is 2. The van der Waals surface area contributed by atoms with Gasteiger partial charge in [0.05, 0.1) is 0 Å². The van der Waals surface area contributed by atoms with Gasteiger partial charge in [-0.25, -0.2) is 0 Å². The highest BCUT2D eigenvalue weighted by atomic mass is 16.3. The molecule has 0 aromatic heterocycles. The van der Waals surface area contributed by atoms with E-state index in [1.807, 2.05) is 0 Å². The summed E-state index contributed by atoms with van der Waals surface area (Å²) >= 11 is 0. The van der Waals surface area contributed by atoms with Crippen molar-refractivity contribution in [3.8, 4) is 0 Å². The Kier molecular flexibility index (Phi) is 20.7. The summed E-state index contributed by atoms with van der Waals surface area (Å²) in [7, 11) is 0. The Hall–Kier alpha value is -1.14. The van der Waals surface area contributed by atoms with Crippen LogP contribution in [0.15, 0.2) is 0 Å². The molecule has 0 aromatic carbocycles. The smallest absolute Gasteiger partial charge is 0.220 e. The molecular formula is C23H47N3O3. The van der Waals surface area contributed by atoms with E-state index in [1.54, 1.807) is 0 Å². The maximum Gasteiger partial charge on any atom is 0.220 e. The standard InChI is InChI=1S/C23H47N3O3/c1-3-5-7-9-11-14-22(28)24-16-19-26(18-13-21-27)20-17-25-23(29)15-12-10-8-6-4-2/h27H,3-21H2,1-2H3,(H,24,28)(H,25,29). The van der Waals surface area contributed by atoms with Crippen molar-refractivity contribution in [1.82, 2.24) is 15.5 Å². The zero-order valence-corrected chi connectivity index (χ0v) is 19.1. The SMILES string of the molecule is CCCCCCCC(=O)NCCN(CCCO)CCNC(=O)CCCCCCC. The van der Waals surface area contributed by atoms with Gasteiger partial charge >= 0.3 is 0 Å². The lowest BCUT2D eigenvalue weighted by molar-refractivity contribution is -0.121. The number of nitrogens with zero attached hydrogens (tertiary/aromatic N) is 1. The lowest BCUT2D eigenvalue weighted by Gasteiger charge is -2.22. The van der Waals surface area contributed by atoms with Crippen LogP contribution in [-0.4, -0.2) is 61.2 Å². The molecule has 0 aliphatic heterocycles. The molecule has 6 nitrogen and oxygen atoms in total. The number of carbonyl (C=O) groups is 2. The van der Waals surface area contributed by atoms with Crippen LogP contribution in [0, 0.1) is 0 Å². The molecule has 6 heteroatoms. The summed E-state index contributed by atoms with van der Waals surface area (Å²) in [5.41, 5.74) is 0. The van der Waals surface area contributed by atoms with Crippen molar-refractivity contribution in [2.75, 3.05) is 39.3 Å². The van der Waals surface area contributed by atoms with E-state index in [-0.39, 0.29) is 18.4 Å². The molecule has 0 aliphatic carbocycles. The molecule has 0 atom stereocenters. The molecule has 0 heterocycles. The normalized spacial score (nSPS) is 11.0. The number of carbonyl (C=O) groups excluding carboxylic acids is 2. The van der Waals surface area contributed by atoms with Gasteiger partial charge in [0, 0.05) is 52.2 Å². The third-order valence-corrected chi connectivity index (χ3v) is 5.15. The molecular weight excluding hydrogens is 366 g/mol. The molecule has 0 saturated carbocycles. The van der Waals surface area contributed by atoms with Gasteiger partial charge in [-0.15, -0.1) is 0 Å². The number of aliphatic hydroxyl groups is 1. The second-order valence-corrected chi connectivity index (χ2v) is 7.95. The number of unbranched alkanes of at least 4 members (excludes halogenated alkanes) is 8. The Morgan fingerprint density at radius 3 is 1.52 bits per heavy atom. The largest absolute Gasteiger partial charge is 0.396 e. The number of hydrogen-bond donors (Lipinski definition) is 3. The van der Waals surface area contributed by atoms with Gasteiger partial charge in [0.1, 0.15) is 0 Å². The van der Waals surface area contributed by atoms with E-state index in [1.165, 1.54) is 38.5 Å². The highest BCUT2D eigenvalue weighted by Crippen LogP contribution is 2.05. The predicted octanol–water partition coefficient (Wildman–Crippen LogP) is 3.62. The van der Waals surface area contributed by atoms with Gasteiger partial charge in [-0.3, -0.25) is 14.5 Å². The molecule has 0 rings (SSSR count). The summed E-state index contributed by atoms with van der Waals surface area (Å²) in [5.74, 6) is 0.250. The van der Waals surface area contributed by atoms with Crippen molar-refractivity contribution < 1.29 is 14.7 Å². The quantitative estimate of drug-likeness (QED) is 0.251. The molecule has 0 bridgehead atoms. The number of amides is 2. The third kappa shape index (κ3) is 19.9. The van der Waals surface area contributed by atoms with Gasteiger partial charge in [-0.05, 0) is 19.3 Å². The van der Waals surface area contributed by atoms with Crippen LogP contribution >= 0.6 is 0 Å². The lowest BCUT2D eigenvalue weighted by Crippen LogP contribution is -2.40. The number of rotatable bonds is 21. The van der Waals surface area contributed by atoms with E-state index in [4.69, 9.17) is 5.11 Å². The topological polar surface area (TPSA) is 81.7 Å². The Labute approximate surface area is 179 Å². The van der Waals surface area contributed by atoms with Gasteiger partial charge in [0.2, 0.25) is 11.8 Å². The molecule has 2 amide bonds. The molecule has 29 heavy (non-hydrogen) atoms. The second kappa shape index (κ2) is 21.6. The predicted molar refractivity (Wildman–Crippen MR) is 121 cm³/mol. The first-order valence-corrected chi connectivity index (χ1v) is 12.0. The van der Waals surface area contributed by atoms with Gasteiger partial charge in [0.25, 0.3) is 0 Å². The van der Waals surface area contributed by atoms with Gasteiger partial charge in [-0.1, -0.05) is 65.2 Å². The summed E-state index contributed by atoms with van der Waals surface area (Å²) in [6, 6.07) is 0. The van der Waals surface area contributed by atoms with E-state index in [0.717, 1.165) is 45.3 Å². The first kappa shape index (κ1) is 27.9. The van der Waals surface area contributed by atoms with E-state index in [0.29, 0.717) is 32.4 Å². The molecule has 0 fully saturated rings. The molecule has 0 saturated heterocycles. The minimum absolute atomic E-state index is 0.125. The summed E-state index contributed by atoms with van der Waals surface area (Å²) in [4.78, 5) is 26.0. The fourth-order valence-corrected chi connectivity index (χ4v) is 3.29. The van der Waals surface area contributed by atoms with Crippen molar-refractivity contribution in [3.05, 3.63) is 0 Å². The summed E-state index contributed by atoms with van der Waals surface area (Å²) in [5, 5.41) is 15.1. The second-order valence-electron chi connectivity index (χ2n) is 7.95. The fraction of sp³-hybridized carbons (Fsp3) is 0.913. The van der Waals surface area contributed by atoms with Gasteiger partial charge < -0.3 is 15.7 Å². The van der Waals surface area contributed by atoms with Crippen LogP contribution < -0.4 is 10.6 Å². The van der Waals surface area contributed by atoms with Crippen LogP contribution in [0.2, 0.25) is 0 Å². The maximum atomic E-state index is 11.9. The minimum atomic E-state index is 0.125. The van der Waals surface area contributed by atoms with Crippen LogP contribution in [0.1, 0.15) is 97.3 Å². The van der Waals surface area contributed by atoms with E-state index in [9.17, 15) is 9.59 Å². The van der Waals surface area contributed by atoms with Crippen LogP contribution in [0.5, 0.6) is 0 Å². The summed E-state index contributed by atoms with van der Waals surface area (Å²) < 4.78 is 0. The molecule has 3 N–H and O–H groups in total. The van der Waals surface area contributed by atoms with Crippen molar-refractivity contribution in [2.45, 2.75) is 97.3 Å². The first-order chi connectivity index (χ1) is 14.1. The summed E-state index contributed by atoms with van der Waals surface area (Å²) in [6.45, 7) is 8.03. The average Bonchev–Trinajstić information content (AvgIpc) is 2.71. The molecule has 0 aliphatic rings. The zero-order valence-electron chi connectivity index (χ0n) is 19.1. The maximum absolute atomic E-state index is 11.9. The zero-order chi connectivity index (χ0) is 21.6. The monoisotopic (exact) mass is 413 g/mol. The van der Waals surface area contributed by atoms with Gasteiger partial charge in [-0.2, -0.15) is 0 Å². The van der Waals surface area contributed by atoms with Crippen LogP contribution in [-0.2, 0) is 9.59 Å².